The predicted molar refractivity (Wildman–Crippen MR) is 60.5 cm³/mol. The van der Waals surface area contributed by atoms with Crippen LogP contribution in [0, 0.1) is 6.42 Å². The summed E-state index contributed by atoms with van der Waals surface area (Å²) < 4.78 is 26.3. The Morgan fingerprint density at radius 1 is 1.18 bits per heavy atom. The molecule has 2 nitrogen and oxygen atoms in total. The Bertz CT molecular complexity index is 492. The van der Waals surface area contributed by atoms with Crippen molar-refractivity contribution in [1.82, 2.24) is 10.2 Å². The van der Waals surface area contributed by atoms with Crippen LogP contribution in [0.15, 0.2) is 42.6 Å². The number of hydrogen-bond donors (Lipinski definition) is 0. The fourth-order valence-electron chi connectivity index (χ4n) is 1.46. The molecule has 4 heteroatoms. The minimum Gasteiger partial charge on any atom is -0.202 e. The lowest BCUT2D eigenvalue weighted by atomic mass is 10.0. The third-order valence-corrected chi connectivity index (χ3v) is 2.30. The molecule has 0 N–H and O–H groups in total. The summed E-state index contributed by atoms with van der Waals surface area (Å²) in [7, 11) is 0. The molecule has 2 rings (SSSR count). The van der Waals surface area contributed by atoms with Gasteiger partial charge in [0.2, 0.25) is 0 Å². The van der Waals surface area contributed by atoms with Crippen molar-refractivity contribution in [2.45, 2.75) is 12.8 Å². The Kier molecular flexibility index (Phi) is 3.13. The summed E-state index contributed by atoms with van der Waals surface area (Å²) in [5.41, 5.74) is 1.32. The molecule has 0 aliphatic heterocycles. The van der Waals surface area contributed by atoms with Gasteiger partial charge in [-0.15, -0.1) is 0 Å². The van der Waals surface area contributed by atoms with Crippen molar-refractivity contribution in [3.8, 4) is 0 Å². The summed E-state index contributed by atoms with van der Waals surface area (Å²) in [5, 5.41) is 7.60. The molecule has 0 fully saturated rings. The van der Waals surface area contributed by atoms with Gasteiger partial charge in [-0.05, 0) is 23.8 Å². The fraction of sp³-hybridized carbons (Fsp3) is 0.154. The fourth-order valence-corrected chi connectivity index (χ4v) is 1.46. The highest BCUT2D eigenvalue weighted by molar-refractivity contribution is 5.36. The Labute approximate surface area is 98.3 Å². The second-order valence-electron chi connectivity index (χ2n) is 3.81. The molecule has 1 aromatic carbocycles. The van der Waals surface area contributed by atoms with E-state index in [0.29, 0.717) is 11.3 Å². The minimum atomic E-state index is -2.83. The van der Waals surface area contributed by atoms with Crippen LogP contribution in [-0.4, -0.2) is 10.2 Å². The lowest BCUT2D eigenvalue weighted by molar-refractivity contribution is 0.0174. The van der Waals surface area contributed by atoms with Crippen LogP contribution < -0.4 is 0 Å². The van der Waals surface area contributed by atoms with Crippen molar-refractivity contribution in [3.63, 3.8) is 0 Å². The molecule has 1 radical (unpaired) electrons. The number of aromatic nitrogens is 2. The molecular weight excluding hydrogens is 222 g/mol. The summed E-state index contributed by atoms with van der Waals surface area (Å²) in [6, 6.07) is 9.74. The third kappa shape index (κ3) is 3.06. The number of hydrogen-bond acceptors (Lipinski definition) is 2. The van der Waals surface area contributed by atoms with Gasteiger partial charge in [0, 0.05) is 25.1 Å². The van der Waals surface area contributed by atoms with Crippen molar-refractivity contribution in [1.29, 1.82) is 0 Å². The van der Waals surface area contributed by atoms with Gasteiger partial charge in [-0.1, -0.05) is 18.2 Å². The molecule has 17 heavy (non-hydrogen) atoms. The minimum absolute atomic E-state index is 0.00450. The monoisotopic (exact) mass is 233 g/mol. The second kappa shape index (κ2) is 4.57. The van der Waals surface area contributed by atoms with Crippen LogP contribution >= 0.6 is 0 Å². The van der Waals surface area contributed by atoms with Crippen molar-refractivity contribution in [2.24, 2.45) is 0 Å². The van der Waals surface area contributed by atoms with Crippen molar-refractivity contribution >= 4 is 0 Å². The third-order valence-electron chi connectivity index (χ3n) is 2.30. The number of benzene rings is 1. The molecule has 0 saturated heterocycles. The van der Waals surface area contributed by atoms with Gasteiger partial charge >= 0.3 is 0 Å². The SMILES string of the molecule is CC(F)(F)c1cccc([CH]c2cccnn2)c1. The Morgan fingerprint density at radius 3 is 2.65 bits per heavy atom. The first-order chi connectivity index (χ1) is 8.05. The van der Waals surface area contributed by atoms with E-state index in [-0.39, 0.29) is 5.56 Å². The summed E-state index contributed by atoms with van der Waals surface area (Å²) in [6.07, 6.45) is 3.27. The molecule has 1 heterocycles. The van der Waals surface area contributed by atoms with Gasteiger partial charge in [0.05, 0.1) is 5.69 Å². The van der Waals surface area contributed by atoms with Crippen LogP contribution in [0.1, 0.15) is 23.7 Å². The van der Waals surface area contributed by atoms with E-state index in [1.54, 1.807) is 36.9 Å². The van der Waals surface area contributed by atoms with Gasteiger partial charge in [-0.2, -0.15) is 10.2 Å². The summed E-state index contributed by atoms with van der Waals surface area (Å²) in [5.74, 6) is -2.83. The number of nitrogens with zero attached hydrogens (tertiary/aromatic N) is 2. The van der Waals surface area contributed by atoms with E-state index >= 15 is 0 Å². The first kappa shape index (κ1) is 11.6. The zero-order chi connectivity index (χ0) is 12.3. The molecule has 0 bridgehead atoms. The molecule has 2 aromatic rings. The van der Waals surface area contributed by atoms with Gasteiger partial charge in [0.1, 0.15) is 0 Å². The molecule has 0 unspecified atom stereocenters. The van der Waals surface area contributed by atoms with Crippen LogP contribution in [0.5, 0.6) is 0 Å². The number of rotatable bonds is 3. The Hall–Kier alpha value is -1.84. The van der Waals surface area contributed by atoms with Crippen LogP contribution in [0.25, 0.3) is 0 Å². The molecule has 0 saturated carbocycles. The van der Waals surface area contributed by atoms with E-state index in [9.17, 15) is 8.78 Å². The van der Waals surface area contributed by atoms with Crippen LogP contribution in [0.4, 0.5) is 8.78 Å². The van der Waals surface area contributed by atoms with E-state index in [2.05, 4.69) is 10.2 Å². The highest BCUT2D eigenvalue weighted by Crippen LogP contribution is 2.27. The molecule has 87 valence electrons. The Morgan fingerprint density at radius 2 is 2.00 bits per heavy atom. The van der Waals surface area contributed by atoms with E-state index in [1.165, 1.54) is 12.1 Å². The Balaban J connectivity index is 2.23. The average Bonchev–Trinajstić information content (AvgIpc) is 2.29. The highest BCUT2D eigenvalue weighted by Gasteiger charge is 2.24. The number of halogens is 2. The molecule has 0 aliphatic carbocycles. The van der Waals surface area contributed by atoms with Crippen LogP contribution in [0.2, 0.25) is 0 Å². The van der Waals surface area contributed by atoms with Crippen molar-refractivity contribution in [2.75, 3.05) is 0 Å². The molecular formula is C13H11F2N2. The lowest BCUT2D eigenvalue weighted by Gasteiger charge is -2.11. The highest BCUT2D eigenvalue weighted by atomic mass is 19.3. The zero-order valence-electron chi connectivity index (χ0n) is 9.27. The van der Waals surface area contributed by atoms with E-state index in [4.69, 9.17) is 0 Å². The summed E-state index contributed by atoms with van der Waals surface area (Å²) >= 11 is 0. The quantitative estimate of drug-likeness (QED) is 0.813. The number of alkyl halides is 2. The van der Waals surface area contributed by atoms with Gasteiger partial charge in [0.25, 0.3) is 5.92 Å². The molecule has 0 atom stereocenters. The van der Waals surface area contributed by atoms with E-state index < -0.39 is 5.92 Å². The van der Waals surface area contributed by atoms with Gasteiger partial charge in [0.15, 0.2) is 0 Å². The smallest absolute Gasteiger partial charge is 0.202 e. The maximum Gasteiger partial charge on any atom is 0.270 e. The predicted octanol–water partition coefficient (Wildman–Crippen LogP) is 3.19. The van der Waals surface area contributed by atoms with E-state index in [1.807, 2.05) is 0 Å². The largest absolute Gasteiger partial charge is 0.270 e. The molecule has 0 amide bonds. The molecule has 0 spiro atoms. The van der Waals surface area contributed by atoms with Crippen molar-refractivity contribution in [3.05, 3.63) is 65.8 Å². The first-order valence-corrected chi connectivity index (χ1v) is 5.16. The second-order valence-corrected chi connectivity index (χ2v) is 3.81. The van der Waals surface area contributed by atoms with Gasteiger partial charge in [-0.25, -0.2) is 8.78 Å². The maximum absolute atomic E-state index is 13.1. The molecule has 0 aliphatic rings. The van der Waals surface area contributed by atoms with E-state index in [0.717, 1.165) is 6.92 Å². The zero-order valence-corrected chi connectivity index (χ0v) is 9.27. The average molecular weight is 233 g/mol. The van der Waals surface area contributed by atoms with Gasteiger partial charge < -0.3 is 0 Å². The van der Waals surface area contributed by atoms with Gasteiger partial charge in [-0.3, -0.25) is 0 Å². The topological polar surface area (TPSA) is 25.8 Å². The first-order valence-electron chi connectivity index (χ1n) is 5.16. The van der Waals surface area contributed by atoms with Crippen LogP contribution in [-0.2, 0) is 5.92 Å². The lowest BCUT2D eigenvalue weighted by Crippen LogP contribution is -2.07. The standard InChI is InChI=1S/C13H11F2N2/c1-13(14,15)11-5-2-4-10(8-11)9-12-6-3-7-16-17-12/h2-9H,1H3. The van der Waals surface area contributed by atoms with Crippen molar-refractivity contribution < 1.29 is 8.78 Å². The summed E-state index contributed by atoms with van der Waals surface area (Å²) in [4.78, 5) is 0. The molecule has 1 aromatic heterocycles. The normalized spacial score (nSPS) is 11.5. The summed E-state index contributed by atoms with van der Waals surface area (Å²) in [6.45, 7) is 0.883. The maximum atomic E-state index is 13.1. The van der Waals surface area contributed by atoms with Crippen LogP contribution in [0.3, 0.4) is 0 Å².